The first-order valence-electron chi connectivity index (χ1n) is 5.47. The van der Waals surface area contributed by atoms with Crippen molar-refractivity contribution in [3.8, 4) is 0 Å². The van der Waals surface area contributed by atoms with Gasteiger partial charge in [0.1, 0.15) is 23.3 Å². The maximum Gasteiger partial charge on any atom is 0.192 e. The Labute approximate surface area is 113 Å². The van der Waals surface area contributed by atoms with Crippen molar-refractivity contribution >= 4 is 23.4 Å². The highest BCUT2D eigenvalue weighted by molar-refractivity contribution is 7.99. The molecule has 0 saturated carbocycles. The van der Waals surface area contributed by atoms with Crippen molar-refractivity contribution < 1.29 is 8.78 Å². The highest BCUT2D eigenvalue weighted by atomic mass is 32.2. The molecule has 0 spiro atoms. The molecule has 0 aliphatic carbocycles. The number of benzene rings is 1. The number of hydrogen-bond acceptors (Lipinski definition) is 5. The monoisotopic (exact) mass is 282 g/mol. The molecule has 0 fully saturated rings. The molecule has 4 N–H and O–H groups in total. The van der Waals surface area contributed by atoms with Gasteiger partial charge in [0.2, 0.25) is 0 Å². The van der Waals surface area contributed by atoms with Gasteiger partial charge in [-0.2, -0.15) is 0 Å². The van der Waals surface area contributed by atoms with Gasteiger partial charge >= 0.3 is 0 Å². The largest absolute Gasteiger partial charge is 0.383 e. The molecular weight excluding hydrogens is 270 g/mol. The highest BCUT2D eigenvalue weighted by Crippen LogP contribution is 2.34. The van der Waals surface area contributed by atoms with Crippen LogP contribution in [0.2, 0.25) is 0 Å². The Bertz CT molecular complexity index is 586. The summed E-state index contributed by atoms with van der Waals surface area (Å²) in [5, 5.41) is -0.0365. The number of hydrogen-bond donors (Lipinski definition) is 2. The van der Waals surface area contributed by atoms with Gasteiger partial charge in [0.15, 0.2) is 5.16 Å². The van der Waals surface area contributed by atoms with E-state index in [2.05, 4.69) is 9.97 Å². The van der Waals surface area contributed by atoms with Crippen molar-refractivity contribution in [2.45, 2.75) is 17.3 Å². The number of nitrogens with zero attached hydrogens (tertiary/aromatic N) is 2. The summed E-state index contributed by atoms with van der Waals surface area (Å²) in [5.74, 6) is -0.487. The molecule has 0 amide bonds. The predicted molar refractivity (Wildman–Crippen MR) is 71.5 cm³/mol. The van der Waals surface area contributed by atoms with Crippen molar-refractivity contribution in [1.29, 1.82) is 0 Å². The van der Waals surface area contributed by atoms with Crippen LogP contribution in [0.15, 0.2) is 29.4 Å². The number of anilines is 2. The topological polar surface area (TPSA) is 77.8 Å². The van der Waals surface area contributed by atoms with E-state index in [4.69, 9.17) is 11.5 Å². The zero-order valence-electron chi connectivity index (χ0n) is 10.1. The first-order chi connectivity index (χ1) is 8.95. The molecule has 100 valence electrons. The molecule has 2 aromatic rings. The molecule has 4 nitrogen and oxygen atoms in total. The Morgan fingerprint density at radius 1 is 1.11 bits per heavy atom. The maximum atomic E-state index is 13.6. The molecule has 0 radical (unpaired) electrons. The Morgan fingerprint density at radius 3 is 2.37 bits per heavy atom. The van der Waals surface area contributed by atoms with Crippen LogP contribution >= 0.6 is 11.8 Å². The van der Waals surface area contributed by atoms with Gasteiger partial charge in [-0.1, -0.05) is 11.8 Å². The summed E-state index contributed by atoms with van der Waals surface area (Å²) in [4.78, 5) is 7.97. The van der Waals surface area contributed by atoms with Crippen LogP contribution in [0, 0.1) is 11.6 Å². The minimum atomic E-state index is -0.489. The van der Waals surface area contributed by atoms with Crippen molar-refractivity contribution in [1.82, 2.24) is 9.97 Å². The number of halogens is 2. The average Bonchev–Trinajstić information content (AvgIpc) is 2.30. The van der Waals surface area contributed by atoms with Crippen LogP contribution in [0.1, 0.15) is 17.7 Å². The fraction of sp³-hybridized carbons (Fsp3) is 0.167. The van der Waals surface area contributed by atoms with Gasteiger partial charge in [-0.05, 0) is 25.1 Å². The molecule has 2 rings (SSSR count). The van der Waals surface area contributed by atoms with E-state index in [1.165, 1.54) is 6.07 Å². The van der Waals surface area contributed by atoms with Crippen LogP contribution < -0.4 is 11.5 Å². The van der Waals surface area contributed by atoms with Gasteiger partial charge < -0.3 is 11.5 Å². The molecule has 1 unspecified atom stereocenters. The third-order valence-corrected chi connectivity index (χ3v) is 3.42. The average molecular weight is 282 g/mol. The second-order valence-corrected chi connectivity index (χ2v) is 5.23. The summed E-state index contributed by atoms with van der Waals surface area (Å²) in [6, 6.07) is 4.75. The number of aromatic nitrogens is 2. The Hall–Kier alpha value is -1.89. The molecule has 0 aliphatic rings. The van der Waals surface area contributed by atoms with Crippen molar-refractivity contribution in [2.24, 2.45) is 0 Å². The molecule has 1 aromatic carbocycles. The van der Waals surface area contributed by atoms with Crippen molar-refractivity contribution in [2.75, 3.05) is 11.5 Å². The van der Waals surface area contributed by atoms with Crippen LogP contribution in [0.4, 0.5) is 20.4 Å². The minimum absolute atomic E-state index is 0.238. The smallest absolute Gasteiger partial charge is 0.192 e. The molecular formula is C12H12F2N4S. The Balaban J connectivity index is 2.25. The molecule has 1 aromatic heterocycles. The normalized spacial score (nSPS) is 12.4. The fourth-order valence-electron chi connectivity index (χ4n) is 1.56. The molecule has 0 saturated heterocycles. The quantitative estimate of drug-likeness (QED) is 0.668. The molecule has 19 heavy (non-hydrogen) atoms. The predicted octanol–water partition coefficient (Wildman–Crippen LogP) is 2.77. The summed E-state index contributed by atoms with van der Waals surface area (Å²) in [6.07, 6.45) is 0. The summed E-state index contributed by atoms with van der Waals surface area (Å²) < 4.78 is 26.7. The zero-order valence-corrected chi connectivity index (χ0v) is 10.9. The minimum Gasteiger partial charge on any atom is -0.383 e. The van der Waals surface area contributed by atoms with Crippen LogP contribution in [-0.2, 0) is 0 Å². The van der Waals surface area contributed by atoms with Crippen molar-refractivity contribution in [3.63, 3.8) is 0 Å². The lowest BCUT2D eigenvalue weighted by Gasteiger charge is -2.12. The molecule has 1 heterocycles. The van der Waals surface area contributed by atoms with E-state index in [-0.39, 0.29) is 22.4 Å². The molecule has 7 heteroatoms. The maximum absolute atomic E-state index is 13.6. The van der Waals surface area contributed by atoms with E-state index in [0.717, 1.165) is 30.0 Å². The highest BCUT2D eigenvalue weighted by Gasteiger charge is 2.15. The van der Waals surface area contributed by atoms with Gasteiger partial charge in [-0.15, -0.1) is 0 Å². The van der Waals surface area contributed by atoms with Crippen LogP contribution in [-0.4, -0.2) is 9.97 Å². The first-order valence-corrected chi connectivity index (χ1v) is 6.35. The van der Waals surface area contributed by atoms with Gasteiger partial charge in [-0.25, -0.2) is 18.7 Å². The third-order valence-electron chi connectivity index (χ3n) is 2.42. The Kier molecular flexibility index (Phi) is 3.84. The molecule has 1 atom stereocenters. The van der Waals surface area contributed by atoms with Gasteiger partial charge in [0.25, 0.3) is 0 Å². The fourth-order valence-corrected chi connectivity index (χ4v) is 2.50. The van der Waals surface area contributed by atoms with E-state index in [9.17, 15) is 8.78 Å². The second kappa shape index (κ2) is 5.40. The first kappa shape index (κ1) is 13.5. The van der Waals surface area contributed by atoms with Gasteiger partial charge in [0.05, 0.1) is 0 Å². The SMILES string of the molecule is CC(Sc1nc(N)cc(N)n1)c1cc(F)ccc1F. The van der Waals surface area contributed by atoms with E-state index in [1.807, 2.05) is 0 Å². The number of thioether (sulfide) groups is 1. The summed E-state index contributed by atoms with van der Waals surface area (Å²) >= 11 is 1.16. The number of nitrogen functional groups attached to an aromatic ring is 2. The van der Waals surface area contributed by atoms with E-state index in [0.29, 0.717) is 5.16 Å². The molecule has 0 aliphatic heterocycles. The number of nitrogens with two attached hydrogens (primary N) is 2. The van der Waals surface area contributed by atoms with E-state index < -0.39 is 11.6 Å². The van der Waals surface area contributed by atoms with Gasteiger partial charge in [-0.3, -0.25) is 0 Å². The molecule has 0 bridgehead atoms. The lowest BCUT2D eigenvalue weighted by molar-refractivity contribution is 0.586. The van der Waals surface area contributed by atoms with E-state index >= 15 is 0 Å². The number of rotatable bonds is 3. The lowest BCUT2D eigenvalue weighted by Crippen LogP contribution is -2.01. The lowest BCUT2D eigenvalue weighted by atomic mass is 10.1. The van der Waals surface area contributed by atoms with Crippen LogP contribution in [0.25, 0.3) is 0 Å². The van der Waals surface area contributed by atoms with E-state index in [1.54, 1.807) is 6.92 Å². The zero-order chi connectivity index (χ0) is 14.0. The van der Waals surface area contributed by atoms with Crippen molar-refractivity contribution in [3.05, 3.63) is 41.5 Å². The summed E-state index contributed by atoms with van der Waals surface area (Å²) in [5.41, 5.74) is 11.3. The summed E-state index contributed by atoms with van der Waals surface area (Å²) in [6.45, 7) is 1.73. The third kappa shape index (κ3) is 3.31. The van der Waals surface area contributed by atoms with Crippen LogP contribution in [0.5, 0.6) is 0 Å². The van der Waals surface area contributed by atoms with Crippen LogP contribution in [0.3, 0.4) is 0 Å². The van der Waals surface area contributed by atoms with Gasteiger partial charge in [0, 0.05) is 16.9 Å². The second-order valence-electron chi connectivity index (χ2n) is 3.93. The Morgan fingerprint density at radius 2 is 1.74 bits per heavy atom. The standard InChI is InChI=1S/C12H12F2N4S/c1-6(8-4-7(13)2-3-9(8)14)19-12-17-10(15)5-11(16)18-12/h2-6H,1H3,(H4,15,16,17,18). The summed E-state index contributed by atoms with van der Waals surface area (Å²) in [7, 11) is 0.